The zero-order chi connectivity index (χ0) is 17.8. The summed E-state index contributed by atoms with van der Waals surface area (Å²) in [6.45, 7) is 1.11. The van der Waals surface area contributed by atoms with E-state index in [1.54, 1.807) is 18.1 Å². The molecule has 1 aromatic heterocycles. The summed E-state index contributed by atoms with van der Waals surface area (Å²) in [4.78, 5) is 11.8. The van der Waals surface area contributed by atoms with Crippen molar-refractivity contribution in [2.75, 3.05) is 11.9 Å². The van der Waals surface area contributed by atoms with Gasteiger partial charge in [-0.1, -0.05) is 30.3 Å². The molecule has 6 nitrogen and oxygen atoms in total. The van der Waals surface area contributed by atoms with Gasteiger partial charge in [-0.25, -0.2) is 4.39 Å². The third-order valence-corrected chi connectivity index (χ3v) is 3.85. The molecule has 1 heterocycles. The maximum Gasteiger partial charge on any atom is 0.272 e. The van der Waals surface area contributed by atoms with Crippen LogP contribution >= 0.6 is 0 Å². The number of nitro groups is 1. The molecule has 0 saturated carbocycles. The molecule has 0 radical (unpaired) electrons. The fourth-order valence-electron chi connectivity index (χ4n) is 2.62. The van der Waals surface area contributed by atoms with Crippen LogP contribution in [0.5, 0.6) is 0 Å². The third kappa shape index (κ3) is 4.00. The number of nitrogens with zero attached hydrogens (tertiary/aromatic N) is 4. The second-order valence-electron chi connectivity index (χ2n) is 5.78. The Morgan fingerprint density at radius 1 is 1.20 bits per heavy atom. The van der Waals surface area contributed by atoms with Crippen LogP contribution in [-0.2, 0) is 13.1 Å². The van der Waals surface area contributed by atoms with Gasteiger partial charge in [-0.2, -0.15) is 5.10 Å². The molecule has 0 amide bonds. The van der Waals surface area contributed by atoms with E-state index < -0.39 is 10.7 Å². The molecule has 128 valence electrons. The normalized spacial score (nSPS) is 10.6. The highest BCUT2D eigenvalue weighted by Crippen LogP contribution is 2.24. The molecule has 0 bridgehead atoms. The van der Waals surface area contributed by atoms with Crippen LogP contribution in [-0.4, -0.2) is 21.8 Å². The van der Waals surface area contributed by atoms with E-state index in [1.807, 2.05) is 41.2 Å². The number of non-ortho nitro benzene ring substituents is 1. The van der Waals surface area contributed by atoms with E-state index in [1.165, 1.54) is 12.1 Å². The maximum absolute atomic E-state index is 14.1. The predicted molar refractivity (Wildman–Crippen MR) is 92.9 cm³/mol. The fraction of sp³-hybridized carbons (Fsp3) is 0.167. The first-order valence-electron chi connectivity index (χ1n) is 7.73. The van der Waals surface area contributed by atoms with E-state index in [2.05, 4.69) is 5.10 Å². The summed E-state index contributed by atoms with van der Waals surface area (Å²) in [6, 6.07) is 13.6. The largest absolute Gasteiger partial charge is 0.368 e. The summed E-state index contributed by atoms with van der Waals surface area (Å²) >= 11 is 0. The first kappa shape index (κ1) is 16.6. The summed E-state index contributed by atoms with van der Waals surface area (Å²) in [7, 11) is 1.73. The summed E-state index contributed by atoms with van der Waals surface area (Å²) in [5.41, 5.74) is 2.12. The van der Waals surface area contributed by atoms with Crippen LogP contribution < -0.4 is 4.90 Å². The van der Waals surface area contributed by atoms with Crippen molar-refractivity contribution in [2.45, 2.75) is 13.1 Å². The van der Waals surface area contributed by atoms with E-state index in [4.69, 9.17) is 0 Å². The van der Waals surface area contributed by atoms with Gasteiger partial charge < -0.3 is 4.90 Å². The second-order valence-corrected chi connectivity index (χ2v) is 5.78. The van der Waals surface area contributed by atoms with E-state index in [0.717, 1.165) is 17.2 Å². The number of hydrogen-bond acceptors (Lipinski definition) is 4. The van der Waals surface area contributed by atoms with E-state index in [9.17, 15) is 14.5 Å². The summed E-state index contributed by atoms with van der Waals surface area (Å²) < 4.78 is 15.9. The van der Waals surface area contributed by atoms with Crippen LogP contribution in [0.15, 0.2) is 60.9 Å². The molecular formula is C18H17FN4O2. The van der Waals surface area contributed by atoms with Crippen molar-refractivity contribution in [1.29, 1.82) is 0 Å². The molecule has 0 aliphatic carbocycles. The van der Waals surface area contributed by atoms with Crippen molar-refractivity contribution in [1.82, 2.24) is 9.78 Å². The number of hydrogen-bond donors (Lipinski definition) is 0. The number of anilines is 1. The third-order valence-electron chi connectivity index (χ3n) is 3.85. The Balaban J connectivity index is 1.69. The minimum absolute atomic E-state index is 0.259. The van der Waals surface area contributed by atoms with Gasteiger partial charge in [-0.15, -0.1) is 0 Å². The lowest BCUT2D eigenvalue weighted by atomic mass is 10.2. The molecule has 25 heavy (non-hydrogen) atoms. The first-order chi connectivity index (χ1) is 12.0. The van der Waals surface area contributed by atoms with Crippen LogP contribution in [0.2, 0.25) is 0 Å². The van der Waals surface area contributed by atoms with Crippen LogP contribution in [0.3, 0.4) is 0 Å². The Kier molecular flexibility index (Phi) is 4.74. The first-order valence-corrected chi connectivity index (χ1v) is 7.73. The fourth-order valence-corrected chi connectivity index (χ4v) is 2.62. The van der Waals surface area contributed by atoms with Crippen molar-refractivity contribution in [3.63, 3.8) is 0 Å². The van der Waals surface area contributed by atoms with Crippen LogP contribution in [0.25, 0.3) is 0 Å². The quantitative estimate of drug-likeness (QED) is 0.508. The van der Waals surface area contributed by atoms with Gasteiger partial charge in [-0.3, -0.25) is 14.8 Å². The molecule has 3 aromatic rings. The number of halogens is 1. The number of nitro benzene ring substituents is 1. The average Bonchev–Trinajstić information content (AvgIpc) is 3.02. The van der Waals surface area contributed by atoms with Gasteiger partial charge in [0.1, 0.15) is 0 Å². The van der Waals surface area contributed by atoms with Gasteiger partial charge in [-0.05, 0) is 11.6 Å². The van der Waals surface area contributed by atoms with Crippen LogP contribution in [0.4, 0.5) is 15.8 Å². The van der Waals surface area contributed by atoms with Gasteiger partial charge >= 0.3 is 0 Å². The lowest BCUT2D eigenvalue weighted by Gasteiger charge is -2.18. The topological polar surface area (TPSA) is 64.2 Å². The van der Waals surface area contributed by atoms with Gasteiger partial charge in [0.15, 0.2) is 5.82 Å². The number of rotatable bonds is 6. The van der Waals surface area contributed by atoms with Gasteiger partial charge in [0, 0.05) is 31.4 Å². The maximum atomic E-state index is 14.1. The summed E-state index contributed by atoms with van der Waals surface area (Å²) in [6.07, 6.45) is 3.65. The van der Waals surface area contributed by atoms with Crippen molar-refractivity contribution in [3.05, 3.63) is 88.0 Å². The monoisotopic (exact) mass is 340 g/mol. The summed E-state index contributed by atoms with van der Waals surface area (Å²) in [5, 5.41) is 15.0. The molecule has 0 atom stereocenters. The molecule has 0 spiro atoms. The highest BCUT2D eigenvalue weighted by atomic mass is 19.1. The molecule has 0 saturated heterocycles. The van der Waals surface area contributed by atoms with Crippen molar-refractivity contribution in [2.24, 2.45) is 0 Å². The molecule has 3 rings (SSSR count). The Bertz CT molecular complexity index is 880. The second kappa shape index (κ2) is 7.12. The standard InChI is InChI=1S/C18H17FN4O2/c1-21(18-8-7-16(23(24)25)9-17(18)19)11-15-10-20-22(13-15)12-14-5-3-2-4-6-14/h2-10,13H,11-12H2,1H3. The lowest BCUT2D eigenvalue weighted by molar-refractivity contribution is -0.385. The van der Waals surface area contributed by atoms with Crippen molar-refractivity contribution >= 4 is 11.4 Å². The Hall–Kier alpha value is -3.22. The van der Waals surface area contributed by atoms with Crippen LogP contribution in [0, 0.1) is 15.9 Å². The van der Waals surface area contributed by atoms with Gasteiger partial charge in [0.2, 0.25) is 0 Å². The molecule has 0 N–H and O–H groups in total. The smallest absolute Gasteiger partial charge is 0.272 e. The average molecular weight is 340 g/mol. The highest BCUT2D eigenvalue weighted by molar-refractivity contribution is 5.52. The Morgan fingerprint density at radius 2 is 1.96 bits per heavy atom. The Labute approximate surface area is 144 Å². The molecule has 7 heteroatoms. The molecule has 0 aliphatic heterocycles. The zero-order valence-corrected chi connectivity index (χ0v) is 13.7. The molecular weight excluding hydrogens is 323 g/mol. The zero-order valence-electron chi connectivity index (χ0n) is 13.7. The number of aromatic nitrogens is 2. The van der Waals surface area contributed by atoms with Gasteiger partial charge in [0.05, 0.1) is 29.4 Å². The Morgan fingerprint density at radius 3 is 2.64 bits per heavy atom. The molecule has 2 aromatic carbocycles. The van der Waals surface area contributed by atoms with E-state index >= 15 is 0 Å². The minimum atomic E-state index is -0.617. The van der Waals surface area contributed by atoms with E-state index in [0.29, 0.717) is 18.8 Å². The molecule has 0 unspecified atom stereocenters. The van der Waals surface area contributed by atoms with E-state index in [-0.39, 0.29) is 5.69 Å². The highest BCUT2D eigenvalue weighted by Gasteiger charge is 2.14. The van der Waals surface area contributed by atoms with Crippen molar-refractivity contribution < 1.29 is 9.31 Å². The van der Waals surface area contributed by atoms with Crippen LogP contribution in [0.1, 0.15) is 11.1 Å². The van der Waals surface area contributed by atoms with Gasteiger partial charge in [0.25, 0.3) is 5.69 Å². The molecule has 0 aliphatic rings. The SMILES string of the molecule is CN(Cc1cnn(Cc2ccccc2)c1)c1ccc([N+](=O)[O-])cc1F. The lowest BCUT2D eigenvalue weighted by Crippen LogP contribution is -2.17. The number of benzene rings is 2. The predicted octanol–water partition coefficient (Wildman–Crippen LogP) is 3.62. The minimum Gasteiger partial charge on any atom is -0.368 e. The van der Waals surface area contributed by atoms with Crippen molar-refractivity contribution in [3.8, 4) is 0 Å². The summed E-state index contributed by atoms with van der Waals surface area (Å²) in [5.74, 6) is -0.617. The molecule has 0 fully saturated rings.